The van der Waals surface area contributed by atoms with Crippen LogP contribution in [0.15, 0.2) is 12.3 Å². The van der Waals surface area contributed by atoms with Gasteiger partial charge in [0.25, 0.3) is 0 Å². The standard InChI is InChI=1S/C15H24O9/c1-5-8-6(10(18)9(5)17)2-3-22-14(8)24-15-13(21)12(20)11(19)7(4-16)23-15/h2-3,5-21H,4H2,1H3/t5-,6+,7+,8+,9+,10-,11+,12-,13+,14-,15-/m0/s1. The summed E-state index contributed by atoms with van der Waals surface area (Å²) in [7, 11) is 0. The number of hydrogen-bond acceptors (Lipinski definition) is 9. The van der Waals surface area contributed by atoms with Crippen LogP contribution >= 0.6 is 0 Å². The Morgan fingerprint density at radius 2 is 1.62 bits per heavy atom. The Morgan fingerprint density at radius 1 is 0.917 bits per heavy atom. The van der Waals surface area contributed by atoms with Gasteiger partial charge < -0.3 is 44.8 Å². The van der Waals surface area contributed by atoms with Gasteiger partial charge in [0.2, 0.25) is 6.29 Å². The van der Waals surface area contributed by atoms with Gasteiger partial charge in [0.1, 0.15) is 24.4 Å². The molecule has 0 radical (unpaired) electrons. The molecule has 0 unspecified atom stereocenters. The minimum Gasteiger partial charge on any atom is -0.472 e. The zero-order valence-electron chi connectivity index (χ0n) is 13.1. The van der Waals surface area contributed by atoms with E-state index in [2.05, 4.69) is 0 Å². The fourth-order valence-corrected chi connectivity index (χ4v) is 3.76. The molecule has 9 heteroatoms. The minimum atomic E-state index is -1.55. The molecular formula is C15H24O9. The molecule has 0 aromatic heterocycles. The molecule has 11 atom stereocenters. The molecule has 3 rings (SSSR count). The predicted octanol–water partition coefficient (Wildman–Crippen LogP) is -2.72. The molecule has 1 aliphatic carbocycles. The van der Waals surface area contributed by atoms with Crippen molar-refractivity contribution >= 4 is 0 Å². The van der Waals surface area contributed by atoms with Crippen LogP contribution in [0.4, 0.5) is 0 Å². The van der Waals surface area contributed by atoms with E-state index in [4.69, 9.17) is 14.2 Å². The molecule has 2 heterocycles. The average Bonchev–Trinajstić information content (AvgIpc) is 2.80. The van der Waals surface area contributed by atoms with E-state index in [0.717, 1.165) is 0 Å². The van der Waals surface area contributed by atoms with Gasteiger partial charge in [-0.05, 0) is 12.0 Å². The maximum atomic E-state index is 10.1. The van der Waals surface area contributed by atoms with Gasteiger partial charge in [-0.2, -0.15) is 0 Å². The quantitative estimate of drug-likeness (QED) is 0.320. The Hall–Kier alpha value is -0.780. The highest BCUT2D eigenvalue weighted by Gasteiger charge is 2.54. The van der Waals surface area contributed by atoms with Crippen LogP contribution in [-0.4, -0.2) is 86.4 Å². The first-order chi connectivity index (χ1) is 11.4. The maximum Gasteiger partial charge on any atom is 0.205 e. The topological polar surface area (TPSA) is 149 Å². The van der Waals surface area contributed by atoms with E-state index in [0.29, 0.717) is 0 Å². The highest BCUT2D eigenvalue weighted by atomic mass is 16.8. The van der Waals surface area contributed by atoms with Crippen molar-refractivity contribution in [2.24, 2.45) is 17.8 Å². The first kappa shape index (κ1) is 18.0. The minimum absolute atomic E-state index is 0.329. The van der Waals surface area contributed by atoms with E-state index >= 15 is 0 Å². The molecule has 0 bridgehead atoms. The van der Waals surface area contributed by atoms with Crippen molar-refractivity contribution in [1.82, 2.24) is 0 Å². The smallest absolute Gasteiger partial charge is 0.205 e. The Bertz CT molecular complexity index is 470. The molecule has 138 valence electrons. The Morgan fingerprint density at radius 3 is 2.29 bits per heavy atom. The molecule has 1 saturated carbocycles. The summed E-state index contributed by atoms with van der Waals surface area (Å²) in [5, 5.41) is 59.0. The zero-order chi connectivity index (χ0) is 17.6. The number of fused-ring (bicyclic) bond motifs is 1. The normalized spacial score (nSPS) is 54.4. The van der Waals surface area contributed by atoms with Crippen LogP contribution in [-0.2, 0) is 14.2 Å². The van der Waals surface area contributed by atoms with Gasteiger partial charge in [0.15, 0.2) is 6.29 Å². The van der Waals surface area contributed by atoms with E-state index in [9.17, 15) is 30.6 Å². The molecule has 0 aromatic rings. The highest BCUT2D eigenvalue weighted by Crippen LogP contribution is 2.44. The molecule has 9 nitrogen and oxygen atoms in total. The first-order valence-corrected chi connectivity index (χ1v) is 8.01. The second-order valence-electron chi connectivity index (χ2n) is 6.66. The summed E-state index contributed by atoms with van der Waals surface area (Å²) in [6, 6.07) is 0. The molecule has 3 aliphatic rings. The van der Waals surface area contributed by atoms with Crippen molar-refractivity contribution in [3.8, 4) is 0 Å². The molecule has 2 aliphatic heterocycles. The van der Waals surface area contributed by atoms with Gasteiger partial charge in [-0.15, -0.1) is 0 Å². The van der Waals surface area contributed by atoms with Crippen molar-refractivity contribution in [3.63, 3.8) is 0 Å². The molecule has 24 heavy (non-hydrogen) atoms. The molecule has 6 N–H and O–H groups in total. The molecule has 2 fully saturated rings. The lowest BCUT2D eigenvalue weighted by Crippen LogP contribution is -2.60. The largest absolute Gasteiger partial charge is 0.472 e. The lowest BCUT2D eigenvalue weighted by Gasteiger charge is -2.42. The summed E-state index contributed by atoms with van der Waals surface area (Å²) in [4.78, 5) is 0. The number of ether oxygens (including phenoxy) is 3. The van der Waals surface area contributed by atoms with Crippen LogP contribution < -0.4 is 0 Å². The van der Waals surface area contributed by atoms with E-state index in [-0.39, 0.29) is 17.8 Å². The van der Waals surface area contributed by atoms with Gasteiger partial charge in [-0.3, -0.25) is 0 Å². The summed E-state index contributed by atoms with van der Waals surface area (Å²) in [5.41, 5.74) is 0. The monoisotopic (exact) mass is 348 g/mol. The summed E-state index contributed by atoms with van der Waals surface area (Å²) >= 11 is 0. The van der Waals surface area contributed by atoms with E-state index in [1.54, 1.807) is 13.0 Å². The van der Waals surface area contributed by atoms with Crippen molar-refractivity contribution in [2.75, 3.05) is 6.61 Å². The highest BCUT2D eigenvalue weighted by molar-refractivity contribution is 5.07. The number of hydrogen-bond donors (Lipinski definition) is 6. The van der Waals surface area contributed by atoms with Gasteiger partial charge >= 0.3 is 0 Å². The second kappa shape index (κ2) is 6.85. The Balaban J connectivity index is 1.74. The number of aliphatic hydroxyl groups is 6. The molecule has 0 spiro atoms. The summed E-state index contributed by atoms with van der Waals surface area (Å²) in [6.45, 7) is 1.20. The molecule has 0 amide bonds. The van der Waals surface area contributed by atoms with Crippen LogP contribution in [0, 0.1) is 17.8 Å². The van der Waals surface area contributed by atoms with Crippen LogP contribution in [0.2, 0.25) is 0 Å². The number of aliphatic hydroxyl groups excluding tert-OH is 6. The van der Waals surface area contributed by atoms with E-state index in [1.165, 1.54) is 6.26 Å². The summed E-state index contributed by atoms with van der Waals surface area (Å²) in [5.74, 6) is -1.09. The Labute approximate surface area is 138 Å². The van der Waals surface area contributed by atoms with Gasteiger partial charge in [0.05, 0.1) is 25.1 Å². The van der Waals surface area contributed by atoms with Crippen LogP contribution in [0.5, 0.6) is 0 Å². The molecule has 1 saturated heterocycles. The lowest BCUT2D eigenvalue weighted by molar-refractivity contribution is -0.342. The van der Waals surface area contributed by atoms with Crippen LogP contribution in [0.3, 0.4) is 0 Å². The number of rotatable bonds is 3. The third kappa shape index (κ3) is 2.85. The van der Waals surface area contributed by atoms with Crippen molar-refractivity contribution < 1.29 is 44.8 Å². The first-order valence-electron chi connectivity index (χ1n) is 8.01. The SMILES string of the molecule is C[C@@H]1[C@@H](O)[C@@H](O)[C@@H]2C=CO[C@@H](O[C@@H]3O[C@H](CO)[C@@H](O)[C@H](O)[C@H]3O)[C@H]12. The van der Waals surface area contributed by atoms with Crippen molar-refractivity contribution in [1.29, 1.82) is 0 Å². The van der Waals surface area contributed by atoms with E-state index < -0.39 is 55.8 Å². The van der Waals surface area contributed by atoms with Crippen LogP contribution in [0.1, 0.15) is 6.92 Å². The van der Waals surface area contributed by atoms with Crippen molar-refractivity contribution in [3.05, 3.63) is 12.3 Å². The van der Waals surface area contributed by atoms with Gasteiger partial charge in [-0.1, -0.05) is 6.92 Å². The fourth-order valence-electron chi connectivity index (χ4n) is 3.76. The predicted molar refractivity (Wildman–Crippen MR) is 77.0 cm³/mol. The van der Waals surface area contributed by atoms with Crippen LogP contribution in [0.25, 0.3) is 0 Å². The molecule has 0 aromatic carbocycles. The summed E-state index contributed by atoms with van der Waals surface area (Å²) in [6.07, 6.45) is -6.80. The van der Waals surface area contributed by atoms with Gasteiger partial charge in [0, 0.05) is 11.8 Å². The van der Waals surface area contributed by atoms with E-state index in [1.807, 2.05) is 0 Å². The van der Waals surface area contributed by atoms with Crippen molar-refractivity contribution in [2.45, 2.75) is 56.1 Å². The lowest BCUT2D eigenvalue weighted by atomic mass is 9.88. The third-order valence-electron chi connectivity index (χ3n) is 5.28. The zero-order valence-corrected chi connectivity index (χ0v) is 13.1. The molecular weight excluding hydrogens is 324 g/mol. The fraction of sp³-hybridized carbons (Fsp3) is 0.867. The average molecular weight is 348 g/mol. The van der Waals surface area contributed by atoms with Gasteiger partial charge in [-0.25, -0.2) is 0 Å². The summed E-state index contributed by atoms with van der Waals surface area (Å²) < 4.78 is 16.4. The second-order valence-corrected chi connectivity index (χ2v) is 6.66. The maximum absolute atomic E-state index is 10.1. The third-order valence-corrected chi connectivity index (χ3v) is 5.28. The Kier molecular flexibility index (Phi) is 5.14.